The van der Waals surface area contributed by atoms with Gasteiger partial charge >= 0.3 is 0 Å². The van der Waals surface area contributed by atoms with Crippen LogP contribution in [0.4, 0.5) is 0 Å². The van der Waals surface area contributed by atoms with Gasteiger partial charge in [-0.3, -0.25) is 9.80 Å². The van der Waals surface area contributed by atoms with Crippen molar-refractivity contribution in [3.8, 4) is 0 Å². The van der Waals surface area contributed by atoms with Gasteiger partial charge in [0.15, 0.2) is 0 Å². The van der Waals surface area contributed by atoms with Gasteiger partial charge in [-0.2, -0.15) is 0 Å². The molecule has 0 aromatic heterocycles. The monoisotopic (exact) mass is 434 g/mol. The Labute approximate surface area is 190 Å². The summed E-state index contributed by atoms with van der Waals surface area (Å²) in [7, 11) is 2.13. The van der Waals surface area contributed by atoms with E-state index in [1.165, 1.54) is 16.7 Å². The van der Waals surface area contributed by atoms with E-state index in [2.05, 4.69) is 77.5 Å². The molecule has 4 heteroatoms. The first-order chi connectivity index (χ1) is 15.1. The Balaban J connectivity index is 1.49. The lowest BCUT2D eigenvalue weighted by molar-refractivity contribution is 0.0182. The molecule has 3 atom stereocenters. The van der Waals surface area contributed by atoms with Crippen LogP contribution in [-0.2, 0) is 19.6 Å². The van der Waals surface area contributed by atoms with Crippen molar-refractivity contribution in [3.05, 3.63) is 107 Å². The summed E-state index contributed by atoms with van der Waals surface area (Å²) in [6.45, 7) is 2.47. The molecule has 0 bridgehead atoms. The van der Waals surface area contributed by atoms with E-state index in [1.807, 2.05) is 24.3 Å². The average molecular weight is 435 g/mol. The van der Waals surface area contributed by atoms with E-state index in [-0.39, 0.29) is 18.2 Å². The molecule has 1 N–H and O–H groups in total. The van der Waals surface area contributed by atoms with Crippen molar-refractivity contribution in [2.24, 2.45) is 0 Å². The number of nitrogens with zero attached hydrogens (tertiary/aromatic N) is 2. The summed E-state index contributed by atoms with van der Waals surface area (Å²) in [4.78, 5) is 4.74. The second-order valence-electron chi connectivity index (χ2n) is 8.62. The van der Waals surface area contributed by atoms with Crippen molar-refractivity contribution in [2.45, 2.75) is 50.7 Å². The first kappa shape index (κ1) is 22.0. The lowest BCUT2D eigenvalue weighted by Gasteiger charge is -2.34. The minimum atomic E-state index is -0.385. The highest BCUT2D eigenvalue weighted by Crippen LogP contribution is 2.31. The molecule has 162 valence electrons. The first-order valence-electron chi connectivity index (χ1n) is 11.0. The van der Waals surface area contributed by atoms with E-state index in [4.69, 9.17) is 11.6 Å². The molecule has 0 amide bonds. The van der Waals surface area contributed by atoms with Crippen LogP contribution >= 0.6 is 11.6 Å². The molecule has 0 saturated heterocycles. The zero-order valence-electron chi connectivity index (χ0n) is 18.1. The topological polar surface area (TPSA) is 26.7 Å². The van der Waals surface area contributed by atoms with Crippen molar-refractivity contribution in [1.82, 2.24) is 9.80 Å². The van der Waals surface area contributed by atoms with Gasteiger partial charge in [-0.25, -0.2) is 0 Å². The van der Waals surface area contributed by atoms with E-state index < -0.39 is 0 Å². The van der Waals surface area contributed by atoms with Crippen LogP contribution in [0.25, 0.3) is 0 Å². The summed E-state index contributed by atoms with van der Waals surface area (Å²) < 4.78 is 0. The van der Waals surface area contributed by atoms with E-state index >= 15 is 0 Å². The van der Waals surface area contributed by atoms with Crippen molar-refractivity contribution < 1.29 is 5.11 Å². The Kier molecular flexibility index (Phi) is 7.41. The summed E-state index contributed by atoms with van der Waals surface area (Å²) in [6, 6.07) is 29.4. The number of hydrogen-bond donors (Lipinski definition) is 1. The van der Waals surface area contributed by atoms with Crippen molar-refractivity contribution >= 4 is 11.6 Å². The Hall–Kier alpha value is -2.17. The molecule has 1 saturated carbocycles. The van der Waals surface area contributed by atoms with Gasteiger partial charge in [-0.05, 0) is 48.7 Å². The second-order valence-corrected chi connectivity index (χ2v) is 9.06. The van der Waals surface area contributed by atoms with Crippen LogP contribution in [0.5, 0.6) is 0 Å². The van der Waals surface area contributed by atoms with Crippen LogP contribution in [0.3, 0.4) is 0 Å². The van der Waals surface area contributed by atoms with Crippen LogP contribution in [0.2, 0.25) is 5.02 Å². The molecule has 1 aliphatic carbocycles. The Morgan fingerprint density at radius 3 is 1.77 bits per heavy atom. The number of hydrogen-bond acceptors (Lipinski definition) is 3. The molecule has 0 radical (unpaired) electrons. The molecule has 3 aromatic carbocycles. The minimum absolute atomic E-state index is 0.124. The Bertz CT molecular complexity index is 932. The van der Waals surface area contributed by atoms with Gasteiger partial charge in [0.1, 0.15) is 0 Å². The van der Waals surface area contributed by atoms with Crippen LogP contribution in [0, 0.1) is 0 Å². The lowest BCUT2D eigenvalue weighted by atomic mass is 10.1. The molecule has 3 nitrogen and oxygen atoms in total. The van der Waals surface area contributed by atoms with Gasteiger partial charge in [-0.15, -0.1) is 0 Å². The summed E-state index contributed by atoms with van der Waals surface area (Å²) in [5, 5.41) is 12.1. The third-order valence-electron chi connectivity index (χ3n) is 6.38. The molecule has 0 aliphatic heterocycles. The number of halogens is 1. The van der Waals surface area contributed by atoms with E-state index in [0.29, 0.717) is 0 Å². The molecule has 1 aliphatic rings. The summed E-state index contributed by atoms with van der Waals surface area (Å²) >= 11 is 6.09. The van der Waals surface area contributed by atoms with Crippen LogP contribution in [-0.4, -0.2) is 40.1 Å². The minimum Gasteiger partial charge on any atom is -0.390 e. The summed E-state index contributed by atoms with van der Waals surface area (Å²) in [5.41, 5.74) is 3.77. The van der Waals surface area contributed by atoms with Crippen LogP contribution < -0.4 is 0 Å². The zero-order chi connectivity index (χ0) is 21.6. The Morgan fingerprint density at radius 1 is 0.710 bits per heavy atom. The molecular formula is C27H31ClN2O. The fraction of sp³-hybridized carbons (Fsp3) is 0.333. The largest absolute Gasteiger partial charge is 0.390 e. The van der Waals surface area contributed by atoms with Gasteiger partial charge in [-0.1, -0.05) is 84.4 Å². The lowest BCUT2D eigenvalue weighted by Crippen LogP contribution is -2.47. The number of aliphatic hydroxyl groups excluding tert-OH is 1. The molecule has 1 fully saturated rings. The van der Waals surface area contributed by atoms with E-state index in [1.54, 1.807) is 0 Å². The third kappa shape index (κ3) is 5.75. The number of benzene rings is 3. The maximum absolute atomic E-state index is 11.4. The first-order valence-corrected chi connectivity index (χ1v) is 11.4. The maximum Gasteiger partial charge on any atom is 0.0850 e. The number of likely N-dealkylation sites (N-methyl/N-ethyl adjacent to an activating group) is 1. The molecule has 0 unspecified atom stereocenters. The molecule has 3 aromatic rings. The van der Waals surface area contributed by atoms with Gasteiger partial charge < -0.3 is 5.11 Å². The smallest absolute Gasteiger partial charge is 0.0850 e. The van der Waals surface area contributed by atoms with Gasteiger partial charge in [0.25, 0.3) is 0 Å². The molecule has 0 heterocycles. The fourth-order valence-electron chi connectivity index (χ4n) is 4.74. The predicted octanol–water partition coefficient (Wildman–Crippen LogP) is 5.37. The average Bonchev–Trinajstić information content (AvgIpc) is 3.17. The highest BCUT2D eigenvalue weighted by atomic mass is 35.5. The second kappa shape index (κ2) is 10.4. The zero-order valence-corrected chi connectivity index (χ0v) is 18.8. The van der Waals surface area contributed by atoms with Crippen molar-refractivity contribution in [1.29, 1.82) is 0 Å². The molecular weight excluding hydrogens is 404 g/mol. The van der Waals surface area contributed by atoms with E-state index in [0.717, 1.165) is 37.5 Å². The predicted molar refractivity (Wildman–Crippen MR) is 128 cm³/mol. The normalized spacial score (nSPS) is 21.1. The van der Waals surface area contributed by atoms with E-state index in [9.17, 15) is 5.11 Å². The number of rotatable bonds is 8. The highest BCUT2D eigenvalue weighted by molar-refractivity contribution is 6.30. The standard InChI is InChI=1S/C27H31ClN2O/c1-29(18-21-8-4-2-5-9-21)25-16-17-26(27(25)31)30(19-22-10-6-3-7-11-22)20-23-12-14-24(28)15-13-23/h2-15,25-27,31H,16-20H2,1H3/t25-,26-,27-/m0/s1. The molecule has 31 heavy (non-hydrogen) atoms. The fourth-order valence-corrected chi connectivity index (χ4v) is 4.87. The van der Waals surface area contributed by atoms with Crippen LogP contribution in [0.1, 0.15) is 29.5 Å². The highest BCUT2D eigenvalue weighted by Gasteiger charge is 2.40. The summed E-state index contributed by atoms with van der Waals surface area (Å²) in [6.07, 6.45) is 1.61. The molecule has 4 rings (SSSR count). The molecule has 0 spiro atoms. The third-order valence-corrected chi connectivity index (χ3v) is 6.64. The number of aliphatic hydroxyl groups is 1. The SMILES string of the molecule is CN(Cc1ccccc1)[C@H]1CC[C@H](N(Cc2ccccc2)Cc2ccc(Cl)cc2)[C@H]1O. The van der Waals surface area contributed by atoms with Crippen molar-refractivity contribution in [3.63, 3.8) is 0 Å². The quantitative estimate of drug-likeness (QED) is 0.516. The van der Waals surface area contributed by atoms with Gasteiger partial charge in [0.2, 0.25) is 0 Å². The summed E-state index contributed by atoms with van der Waals surface area (Å²) in [5.74, 6) is 0. The van der Waals surface area contributed by atoms with Gasteiger partial charge in [0.05, 0.1) is 6.10 Å². The Morgan fingerprint density at radius 2 is 1.19 bits per heavy atom. The maximum atomic E-state index is 11.4. The van der Waals surface area contributed by atoms with Crippen molar-refractivity contribution in [2.75, 3.05) is 7.05 Å². The van der Waals surface area contributed by atoms with Gasteiger partial charge in [0, 0.05) is 36.7 Å². The van der Waals surface area contributed by atoms with Crippen LogP contribution in [0.15, 0.2) is 84.9 Å².